The van der Waals surface area contributed by atoms with Crippen molar-refractivity contribution in [1.29, 1.82) is 5.26 Å². The van der Waals surface area contributed by atoms with Gasteiger partial charge in [-0.1, -0.05) is 0 Å². The van der Waals surface area contributed by atoms with Gasteiger partial charge in [-0.05, 0) is 28.9 Å². The number of nitrogens with zero attached hydrogens (tertiary/aromatic N) is 2. The van der Waals surface area contributed by atoms with Crippen molar-refractivity contribution < 1.29 is 4.79 Å². The summed E-state index contributed by atoms with van der Waals surface area (Å²) in [6.07, 6.45) is 0. The molecule has 0 fully saturated rings. The molecule has 3 nitrogen and oxygen atoms in total. The van der Waals surface area contributed by atoms with Crippen molar-refractivity contribution >= 4 is 33.2 Å². The summed E-state index contributed by atoms with van der Waals surface area (Å²) in [5.74, 6) is -0.708. The van der Waals surface area contributed by atoms with Crippen LogP contribution in [0.4, 0.5) is 0 Å². The Balaban J connectivity index is 2.60. The molecule has 0 aromatic carbocycles. The zero-order valence-corrected chi connectivity index (χ0v) is 10.9. The largest absolute Gasteiger partial charge is 0.339 e. The van der Waals surface area contributed by atoms with Gasteiger partial charge in [-0.25, -0.2) is 0 Å². The molecule has 15 heavy (non-hydrogen) atoms. The van der Waals surface area contributed by atoms with Crippen LogP contribution < -0.4 is 0 Å². The van der Waals surface area contributed by atoms with E-state index in [-0.39, 0.29) is 5.91 Å². The van der Waals surface area contributed by atoms with E-state index in [4.69, 9.17) is 5.26 Å². The second kappa shape index (κ2) is 5.29. The summed E-state index contributed by atoms with van der Waals surface area (Å²) in [7, 11) is 1.71. The van der Waals surface area contributed by atoms with E-state index < -0.39 is 5.92 Å². The summed E-state index contributed by atoms with van der Waals surface area (Å²) in [4.78, 5) is 14.3. The van der Waals surface area contributed by atoms with Gasteiger partial charge in [0.2, 0.25) is 5.91 Å². The number of thiophene rings is 1. The van der Waals surface area contributed by atoms with Crippen molar-refractivity contribution in [2.45, 2.75) is 13.5 Å². The third-order valence-corrected chi connectivity index (χ3v) is 3.64. The molecular formula is C10H11BrN2OS. The van der Waals surface area contributed by atoms with Crippen LogP contribution in [0.3, 0.4) is 0 Å². The number of nitriles is 1. The Hall–Kier alpha value is -0.860. The normalized spacial score (nSPS) is 11.9. The number of carbonyl (C=O) groups excluding carboxylic acids is 1. The topological polar surface area (TPSA) is 44.1 Å². The first kappa shape index (κ1) is 12.2. The lowest BCUT2D eigenvalue weighted by molar-refractivity contribution is -0.132. The minimum atomic E-state index is -0.571. The molecule has 0 saturated carbocycles. The van der Waals surface area contributed by atoms with E-state index in [2.05, 4.69) is 15.9 Å². The van der Waals surface area contributed by atoms with Crippen LogP contribution in [0.5, 0.6) is 0 Å². The van der Waals surface area contributed by atoms with Gasteiger partial charge in [-0.15, -0.1) is 11.3 Å². The van der Waals surface area contributed by atoms with Crippen LogP contribution in [0.1, 0.15) is 11.8 Å². The third kappa shape index (κ3) is 3.33. The molecule has 0 N–H and O–H groups in total. The average Bonchev–Trinajstić information content (AvgIpc) is 2.61. The fourth-order valence-electron chi connectivity index (χ4n) is 1.13. The van der Waals surface area contributed by atoms with Crippen LogP contribution in [0.15, 0.2) is 15.9 Å². The molecule has 1 unspecified atom stereocenters. The predicted molar refractivity (Wildman–Crippen MR) is 63.3 cm³/mol. The SMILES string of the molecule is CC(C#N)C(=O)N(C)Cc1cc(Br)cs1. The van der Waals surface area contributed by atoms with Crippen molar-refractivity contribution in [2.24, 2.45) is 5.92 Å². The van der Waals surface area contributed by atoms with Gasteiger partial charge in [0, 0.05) is 21.8 Å². The smallest absolute Gasteiger partial charge is 0.239 e. The van der Waals surface area contributed by atoms with E-state index >= 15 is 0 Å². The minimum Gasteiger partial charge on any atom is -0.339 e. The molecule has 0 aliphatic carbocycles. The van der Waals surface area contributed by atoms with Gasteiger partial charge in [-0.2, -0.15) is 5.26 Å². The predicted octanol–water partition coefficient (Wildman–Crippen LogP) is 2.63. The van der Waals surface area contributed by atoms with Crippen molar-refractivity contribution in [3.8, 4) is 6.07 Å². The fourth-order valence-corrected chi connectivity index (χ4v) is 2.64. The highest BCUT2D eigenvalue weighted by Crippen LogP contribution is 2.21. The summed E-state index contributed by atoms with van der Waals surface area (Å²) >= 11 is 4.95. The summed E-state index contributed by atoms with van der Waals surface area (Å²) < 4.78 is 1.02. The van der Waals surface area contributed by atoms with Crippen molar-refractivity contribution in [3.05, 3.63) is 20.8 Å². The Morgan fingerprint density at radius 3 is 2.93 bits per heavy atom. The van der Waals surface area contributed by atoms with Crippen LogP contribution in [-0.2, 0) is 11.3 Å². The van der Waals surface area contributed by atoms with Crippen LogP contribution in [-0.4, -0.2) is 17.9 Å². The molecule has 1 aromatic heterocycles. The first-order valence-corrected chi connectivity index (χ1v) is 6.09. The molecule has 1 atom stereocenters. The molecule has 1 heterocycles. The molecule has 0 spiro atoms. The molecule has 0 aliphatic rings. The highest BCUT2D eigenvalue weighted by molar-refractivity contribution is 9.10. The molecule has 0 aliphatic heterocycles. The molecule has 1 aromatic rings. The Labute approximate surface area is 101 Å². The molecule has 80 valence electrons. The number of halogens is 1. The van der Waals surface area contributed by atoms with Gasteiger partial charge < -0.3 is 4.90 Å². The third-order valence-electron chi connectivity index (χ3n) is 1.96. The highest BCUT2D eigenvalue weighted by Gasteiger charge is 2.17. The Morgan fingerprint density at radius 1 is 1.80 bits per heavy atom. The van der Waals surface area contributed by atoms with Gasteiger partial charge in [0.15, 0.2) is 0 Å². The molecule has 0 radical (unpaired) electrons. The van der Waals surface area contributed by atoms with Crippen molar-refractivity contribution in [1.82, 2.24) is 4.90 Å². The van der Waals surface area contributed by atoms with Gasteiger partial charge in [0.25, 0.3) is 0 Å². The summed E-state index contributed by atoms with van der Waals surface area (Å²) in [6, 6.07) is 3.92. The Bertz CT molecular complexity index is 396. The lowest BCUT2D eigenvalue weighted by Crippen LogP contribution is -2.30. The second-order valence-electron chi connectivity index (χ2n) is 3.28. The monoisotopic (exact) mass is 286 g/mol. The minimum absolute atomic E-state index is 0.137. The molecular weight excluding hydrogens is 276 g/mol. The number of hydrogen-bond donors (Lipinski definition) is 0. The number of hydrogen-bond acceptors (Lipinski definition) is 3. The van der Waals surface area contributed by atoms with Gasteiger partial charge >= 0.3 is 0 Å². The molecule has 1 rings (SSSR count). The summed E-state index contributed by atoms with van der Waals surface area (Å²) in [5.41, 5.74) is 0. The average molecular weight is 287 g/mol. The van der Waals surface area contributed by atoms with Gasteiger partial charge in [0.05, 0.1) is 12.6 Å². The standard InChI is InChI=1S/C10H11BrN2OS/c1-7(4-12)10(14)13(2)5-9-3-8(11)6-15-9/h3,6-7H,5H2,1-2H3. The van der Waals surface area contributed by atoms with E-state index in [1.54, 1.807) is 30.2 Å². The Morgan fingerprint density at radius 2 is 2.47 bits per heavy atom. The van der Waals surface area contributed by atoms with E-state index in [1.165, 1.54) is 0 Å². The summed E-state index contributed by atoms with van der Waals surface area (Å²) in [6.45, 7) is 2.17. The first-order chi connectivity index (χ1) is 7.04. The van der Waals surface area contributed by atoms with Crippen LogP contribution >= 0.6 is 27.3 Å². The van der Waals surface area contributed by atoms with Crippen LogP contribution in [0, 0.1) is 17.2 Å². The fraction of sp³-hybridized carbons (Fsp3) is 0.400. The lowest BCUT2D eigenvalue weighted by Gasteiger charge is -2.17. The number of amides is 1. The maximum atomic E-state index is 11.6. The van der Waals surface area contributed by atoms with Crippen molar-refractivity contribution in [2.75, 3.05) is 7.05 Å². The zero-order chi connectivity index (χ0) is 11.4. The van der Waals surface area contributed by atoms with Gasteiger partial charge in [-0.3, -0.25) is 4.79 Å². The quantitative estimate of drug-likeness (QED) is 0.857. The van der Waals surface area contributed by atoms with Crippen LogP contribution in [0.25, 0.3) is 0 Å². The maximum Gasteiger partial charge on any atom is 0.239 e. The Kier molecular flexibility index (Phi) is 4.30. The maximum absolute atomic E-state index is 11.6. The highest BCUT2D eigenvalue weighted by atomic mass is 79.9. The summed E-state index contributed by atoms with van der Waals surface area (Å²) in [5, 5.41) is 10.6. The molecule has 0 saturated heterocycles. The van der Waals surface area contributed by atoms with Gasteiger partial charge in [0.1, 0.15) is 5.92 Å². The zero-order valence-electron chi connectivity index (χ0n) is 8.53. The van der Waals surface area contributed by atoms with E-state index in [0.717, 1.165) is 9.35 Å². The molecule has 1 amide bonds. The van der Waals surface area contributed by atoms with Crippen molar-refractivity contribution in [3.63, 3.8) is 0 Å². The molecule has 5 heteroatoms. The van der Waals surface area contributed by atoms with E-state index in [1.807, 2.05) is 17.5 Å². The number of carbonyl (C=O) groups is 1. The number of rotatable bonds is 3. The first-order valence-electron chi connectivity index (χ1n) is 4.42. The molecule has 0 bridgehead atoms. The lowest BCUT2D eigenvalue weighted by atomic mass is 10.2. The van der Waals surface area contributed by atoms with E-state index in [9.17, 15) is 4.79 Å². The second-order valence-corrected chi connectivity index (χ2v) is 5.19. The van der Waals surface area contributed by atoms with E-state index in [0.29, 0.717) is 6.54 Å². The van der Waals surface area contributed by atoms with Crippen LogP contribution in [0.2, 0.25) is 0 Å².